The topological polar surface area (TPSA) is 92.1 Å². The lowest BCUT2D eigenvalue weighted by Gasteiger charge is -2.32. The lowest BCUT2D eigenvalue weighted by Crippen LogP contribution is -2.41. The van der Waals surface area contributed by atoms with Crippen LogP contribution in [-0.2, 0) is 18.8 Å². The van der Waals surface area contributed by atoms with E-state index in [0.29, 0.717) is 29.7 Å². The summed E-state index contributed by atoms with van der Waals surface area (Å²) in [6, 6.07) is 7.90. The summed E-state index contributed by atoms with van der Waals surface area (Å²) in [6.45, 7) is 18.8. The molecule has 0 bridgehead atoms. The fourth-order valence-electron chi connectivity index (χ4n) is 4.42. The highest BCUT2D eigenvalue weighted by atomic mass is 16.7. The first-order valence-electron chi connectivity index (χ1n) is 13.5. The molecule has 2 aromatic rings. The van der Waals surface area contributed by atoms with Crippen LogP contribution in [0.5, 0.6) is 0 Å². The molecular formula is C29H40BN3O6. The number of hydrogen-bond donors (Lipinski definition) is 0. The van der Waals surface area contributed by atoms with Crippen molar-refractivity contribution in [1.82, 2.24) is 14.5 Å². The highest BCUT2D eigenvalue weighted by Gasteiger charge is 2.52. The SMILES string of the molecule is CC(C)(C)OC(=O)N1C#CCCC[C@H]1c1nc2ccc(B3OC(C)(C)C(C)(C)O3)cc2n1C(=O)OC(C)(C)C. The van der Waals surface area contributed by atoms with E-state index in [1.54, 1.807) is 20.8 Å². The first kappa shape index (κ1) is 29.0. The lowest BCUT2D eigenvalue weighted by molar-refractivity contribution is 0.00578. The largest absolute Gasteiger partial charge is 0.494 e. The monoisotopic (exact) mass is 537 g/mol. The molecule has 0 unspecified atom stereocenters. The number of aromatic nitrogens is 2. The molecule has 0 N–H and O–H groups in total. The number of imidazole rings is 1. The summed E-state index contributed by atoms with van der Waals surface area (Å²) >= 11 is 0. The van der Waals surface area contributed by atoms with Crippen molar-refractivity contribution in [3.63, 3.8) is 0 Å². The van der Waals surface area contributed by atoms with Crippen molar-refractivity contribution in [3.05, 3.63) is 24.0 Å². The molecule has 9 nitrogen and oxygen atoms in total. The van der Waals surface area contributed by atoms with Gasteiger partial charge in [-0.25, -0.2) is 24.0 Å². The molecule has 2 aliphatic heterocycles. The lowest BCUT2D eigenvalue weighted by atomic mass is 9.79. The van der Waals surface area contributed by atoms with E-state index in [0.717, 1.165) is 11.9 Å². The van der Waals surface area contributed by atoms with Crippen LogP contribution in [-0.4, -0.2) is 56.2 Å². The van der Waals surface area contributed by atoms with E-state index in [-0.39, 0.29) is 0 Å². The Balaban J connectivity index is 1.85. The van der Waals surface area contributed by atoms with Gasteiger partial charge in [0.2, 0.25) is 0 Å². The van der Waals surface area contributed by atoms with Crippen LogP contribution in [0.3, 0.4) is 0 Å². The van der Waals surface area contributed by atoms with Crippen LogP contribution >= 0.6 is 0 Å². The van der Waals surface area contributed by atoms with Gasteiger partial charge in [-0.15, -0.1) is 0 Å². The Labute approximate surface area is 231 Å². The van der Waals surface area contributed by atoms with Crippen molar-refractivity contribution in [2.45, 2.75) is 117 Å². The third-order valence-corrected chi connectivity index (χ3v) is 6.98. The molecule has 0 radical (unpaired) electrons. The number of fused-ring (bicyclic) bond motifs is 1. The van der Waals surface area contributed by atoms with E-state index in [2.05, 4.69) is 12.0 Å². The second-order valence-electron chi connectivity index (χ2n) is 13.2. The van der Waals surface area contributed by atoms with Crippen molar-refractivity contribution < 1.29 is 28.4 Å². The van der Waals surface area contributed by atoms with Crippen molar-refractivity contribution >= 4 is 35.8 Å². The van der Waals surface area contributed by atoms with E-state index < -0.39 is 47.8 Å². The Hall–Kier alpha value is -3.03. The Kier molecular flexibility index (Phi) is 7.33. The number of ether oxygens (including phenoxy) is 2. The highest BCUT2D eigenvalue weighted by molar-refractivity contribution is 6.62. The second-order valence-corrected chi connectivity index (χ2v) is 13.2. The van der Waals surface area contributed by atoms with Gasteiger partial charge in [0.15, 0.2) is 0 Å². The fourth-order valence-corrected chi connectivity index (χ4v) is 4.42. The average molecular weight is 537 g/mol. The molecule has 1 saturated heterocycles. The van der Waals surface area contributed by atoms with Crippen LogP contribution in [0.2, 0.25) is 0 Å². The molecule has 210 valence electrons. The van der Waals surface area contributed by atoms with E-state index in [9.17, 15) is 9.59 Å². The zero-order chi connectivity index (χ0) is 29.0. The molecule has 0 saturated carbocycles. The second kappa shape index (κ2) is 9.86. The molecule has 1 aromatic carbocycles. The number of carbonyl (C=O) groups is 2. The van der Waals surface area contributed by atoms with E-state index >= 15 is 0 Å². The predicted molar refractivity (Wildman–Crippen MR) is 150 cm³/mol. The molecule has 0 spiro atoms. The number of nitrogens with zero attached hydrogens (tertiary/aromatic N) is 3. The van der Waals surface area contributed by atoms with E-state index in [1.807, 2.05) is 66.7 Å². The summed E-state index contributed by atoms with van der Waals surface area (Å²) in [6.07, 6.45) is 0.715. The Morgan fingerprint density at radius 2 is 1.59 bits per heavy atom. The number of rotatable bonds is 2. The maximum atomic E-state index is 13.7. The van der Waals surface area contributed by atoms with E-state index in [1.165, 1.54) is 9.47 Å². The van der Waals surface area contributed by atoms with Crippen molar-refractivity contribution in [1.29, 1.82) is 0 Å². The van der Waals surface area contributed by atoms with Gasteiger partial charge in [-0.1, -0.05) is 12.0 Å². The van der Waals surface area contributed by atoms with Crippen molar-refractivity contribution in [2.24, 2.45) is 0 Å². The summed E-state index contributed by atoms with van der Waals surface area (Å²) in [7, 11) is -0.619. The summed E-state index contributed by atoms with van der Waals surface area (Å²) in [4.78, 5) is 33.1. The number of benzene rings is 1. The van der Waals surface area contributed by atoms with Gasteiger partial charge in [0.1, 0.15) is 23.1 Å². The third-order valence-electron chi connectivity index (χ3n) is 6.98. The quantitative estimate of drug-likeness (QED) is 0.367. The molecule has 1 amide bonds. The van der Waals surface area contributed by atoms with Crippen LogP contribution in [0, 0.1) is 12.0 Å². The molecule has 0 aliphatic carbocycles. The molecule has 3 heterocycles. The van der Waals surface area contributed by atoms with Crippen LogP contribution in [0.25, 0.3) is 11.0 Å². The van der Waals surface area contributed by atoms with Crippen LogP contribution in [0.15, 0.2) is 18.2 Å². The third kappa shape index (κ3) is 6.10. The molecule has 1 fully saturated rings. The Morgan fingerprint density at radius 3 is 2.18 bits per heavy atom. The zero-order valence-corrected chi connectivity index (χ0v) is 24.8. The number of carbonyl (C=O) groups excluding carboxylic acids is 2. The van der Waals surface area contributed by atoms with Crippen molar-refractivity contribution in [3.8, 4) is 12.0 Å². The summed E-state index contributed by atoms with van der Waals surface area (Å²) in [5.74, 6) is 3.40. The van der Waals surface area contributed by atoms with Gasteiger partial charge in [-0.2, -0.15) is 0 Å². The average Bonchev–Trinajstić information content (AvgIpc) is 3.10. The van der Waals surface area contributed by atoms with Gasteiger partial charge >= 0.3 is 19.3 Å². The maximum Gasteiger partial charge on any atom is 0.494 e. The van der Waals surface area contributed by atoms with Crippen LogP contribution in [0.1, 0.15) is 100 Å². The predicted octanol–water partition coefficient (Wildman–Crippen LogP) is 5.54. The summed E-state index contributed by atoms with van der Waals surface area (Å²) < 4.78 is 25.4. The summed E-state index contributed by atoms with van der Waals surface area (Å²) in [5.41, 5.74) is -0.625. The van der Waals surface area contributed by atoms with E-state index in [4.69, 9.17) is 23.8 Å². The van der Waals surface area contributed by atoms with Crippen LogP contribution in [0.4, 0.5) is 9.59 Å². The van der Waals surface area contributed by atoms with Gasteiger partial charge in [-0.05, 0) is 99.7 Å². The molecule has 39 heavy (non-hydrogen) atoms. The number of amides is 1. The van der Waals surface area contributed by atoms with Crippen molar-refractivity contribution in [2.75, 3.05) is 0 Å². The molecule has 2 aliphatic rings. The minimum absolute atomic E-state index is 0.368. The fraction of sp³-hybridized carbons (Fsp3) is 0.621. The van der Waals surface area contributed by atoms with Gasteiger partial charge in [0.25, 0.3) is 0 Å². The molecule has 1 aromatic heterocycles. The smallest absolute Gasteiger partial charge is 0.443 e. The molecule has 4 rings (SSSR count). The normalized spacial score (nSPS) is 20.8. The zero-order valence-electron chi connectivity index (χ0n) is 24.8. The molecular weight excluding hydrogens is 497 g/mol. The standard InChI is InChI=1S/C29H40BN3O6/c1-26(2,3)36-24(34)32-17-13-11-12-14-21(32)23-31-20-16-15-19(30-38-28(7,8)29(9,10)39-30)18-22(20)33(23)25(35)37-27(4,5)6/h15-16,18,21H,11-12,14H2,1-10H3/t21-/m0/s1. The highest BCUT2D eigenvalue weighted by Crippen LogP contribution is 2.37. The molecule has 1 atom stereocenters. The first-order valence-corrected chi connectivity index (χ1v) is 13.5. The van der Waals surface area contributed by atoms with Gasteiger partial charge in [0, 0.05) is 12.5 Å². The minimum atomic E-state index is -0.748. The Morgan fingerprint density at radius 1 is 1.00 bits per heavy atom. The molecule has 10 heteroatoms. The first-order chi connectivity index (χ1) is 17.9. The summed E-state index contributed by atoms with van der Waals surface area (Å²) in [5, 5.41) is 0. The number of hydrogen-bond acceptors (Lipinski definition) is 7. The van der Waals surface area contributed by atoms with Gasteiger partial charge < -0.3 is 18.8 Å². The minimum Gasteiger partial charge on any atom is -0.443 e. The maximum absolute atomic E-state index is 13.7. The van der Waals surface area contributed by atoms with Gasteiger partial charge in [0.05, 0.1) is 22.2 Å². The van der Waals surface area contributed by atoms with Gasteiger partial charge in [-0.3, -0.25) is 0 Å². The van der Waals surface area contributed by atoms with Crippen LogP contribution < -0.4 is 5.46 Å². The Bertz CT molecular complexity index is 1320.